The van der Waals surface area contributed by atoms with E-state index >= 15 is 0 Å². The third-order valence-corrected chi connectivity index (χ3v) is 5.22. The lowest BCUT2D eigenvalue weighted by Gasteiger charge is -2.14. The minimum atomic E-state index is -0.531. The molecule has 5 rings (SSSR count). The van der Waals surface area contributed by atoms with Crippen molar-refractivity contribution in [2.45, 2.75) is 6.61 Å². The Morgan fingerprint density at radius 3 is 2.06 bits per heavy atom. The monoisotopic (exact) mass is 436 g/mol. The average Bonchev–Trinajstić information content (AvgIpc) is 2.86. The van der Waals surface area contributed by atoms with E-state index in [-0.39, 0.29) is 12.3 Å². The second-order valence-electron chi connectivity index (χ2n) is 7.43. The normalized spacial score (nSPS) is 10.8. The number of hydrogen-bond donors (Lipinski definition) is 0. The molecule has 0 aliphatic heterocycles. The highest BCUT2D eigenvalue weighted by atomic mass is 16.7. The molecule has 0 saturated heterocycles. The molecular weight excluding hydrogens is 416 g/mol. The van der Waals surface area contributed by atoms with Crippen molar-refractivity contribution in [3.05, 3.63) is 130 Å². The minimum Gasteiger partial charge on any atom is -0.618 e. The van der Waals surface area contributed by atoms with Gasteiger partial charge < -0.3 is 14.8 Å². The van der Waals surface area contributed by atoms with Crippen molar-refractivity contribution < 1.29 is 14.3 Å². The van der Waals surface area contributed by atoms with Crippen molar-refractivity contribution in [1.29, 1.82) is 0 Å². The van der Waals surface area contributed by atoms with E-state index in [0.717, 1.165) is 5.56 Å². The van der Waals surface area contributed by atoms with Gasteiger partial charge in [-0.05, 0) is 48.0 Å². The molecule has 0 unspecified atom stereocenters. The summed E-state index contributed by atoms with van der Waals surface area (Å²) in [4.78, 5) is 19.3. The van der Waals surface area contributed by atoms with Crippen LogP contribution in [0.3, 0.4) is 0 Å². The van der Waals surface area contributed by atoms with Crippen LogP contribution in [0.4, 0.5) is 0 Å². The highest BCUT2D eigenvalue weighted by Gasteiger charge is 2.23. The molecule has 4 aromatic carbocycles. The first-order valence-corrected chi connectivity index (χ1v) is 10.5. The van der Waals surface area contributed by atoms with Crippen LogP contribution >= 0.6 is 0 Å². The molecule has 0 amide bonds. The molecular formula is C27H20N2O4. The van der Waals surface area contributed by atoms with Crippen LogP contribution in [0.25, 0.3) is 22.3 Å². The van der Waals surface area contributed by atoms with Crippen molar-refractivity contribution >= 4 is 11.0 Å². The van der Waals surface area contributed by atoms with E-state index in [0.29, 0.717) is 32.8 Å². The van der Waals surface area contributed by atoms with Gasteiger partial charge >= 0.3 is 5.56 Å². The van der Waals surface area contributed by atoms with Gasteiger partial charge in [-0.2, -0.15) is 4.73 Å². The van der Waals surface area contributed by atoms with Crippen LogP contribution in [0.15, 0.2) is 114 Å². The molecule has 0 atom stereocenters. The van der Waals surface area contributed by atoms with Crippen molar-refractivity contribution in [3.63, 3.8) is 0 Å². The molecule has 6 nitrogen and oxygen atoms in total. The number of aromatic nitrogens is 2. The Kier molecular flexibility index (Phi) is 5.47. The van der Waals surface area contributed by atoms with Gasteiger partial charge in [-0.15, -0.1) is 4.73 Å². The molecule has 0 saturated carbocycles. The lowest BCUT2D eigenvalue weighted by atomic mass is 10.1. The Labute approximate surface area is 190 Å². The molecule has 0 aliphatic rings. The first-order valence-electron chi connectivity index (χ1n) is 10.5. The highest BCUT2D eigenvalue weighted by Crippen LogP contribution is 2.24. The molecule has 0 fully saturated rings. The van der Waals surface area contributed by atoms with Gasteiger partial charge in [0.15, 0.2) is 5.52 Å². The molecule has 0 bridgehead atoms. The molecule has 1 aromatic heterocycles. The van der Waals surface area contributed by atoms with Gasteiger partial charge in [-0.25, -0.2) is 0 Å². The maximum absolute atomic E-state index is 13.4. The topological polar surface area (TPSA) is 67.4 Å². The van der Waals surface area contributed by atoms with E-state index in [1.165, 1.54) is 4.73 Å². The van der Waals surface area contributed by atoms with Crippen molar-refractivity contribution in [1.82, 2.24) is 4.73 Å². The molecule has 5 aromatic rings. The number of fused-ring (bicyclic) bond motifs is 1. The van der Waals surface area contributed by atoms with Crippen molar-refractivity contribution in [3.8, 4) is 22.8 Å². The van der Waals surface area contributed by atoms with Crippen molar-refractivity contribution in [2.75, 3.05) is 0 Å². The number of para-hydroxylation sites is 3. The molecule has 0 aliphatic carbocycles. The van der Waals surface area contributed by atoms with Gasteiger partial charge in [-0.1, -0.05) is 60.7 Å². The number of benzene rings is 4. The smallest absolute Gasteiger partial charge is 0.357 e. The van der Waals surface area contributed by atoms with Gasteiger partial charge in [0, 0.05) is 6.07 Å². The number of nitrogens with zero attached hydrogens (tertiary/aromatic N) is 2. The molecule has 1 heterocycles. The van der Waals surface area contributed by atoms with Crippen LogP contribution in [-0.4, -0.2) is 4.73 Å². The second-order valence-corrected chi connectivity index (χ2v) is 7.43. The van der Waals surface area contributed by atoms with Crippen molar-refractivity contribution in [2.24, 2.45) is 0 Å². The van der Waals surface area contributed by atoms with E-state index < -0.39 is 5.56 Å². The van der Waals surface area contributed by atoms with E-state index in [4.69, 9.17) is 9.57 Å². The summed E-state index contributed by atoms with van der Waals surface area (Å²) in [6, 6.07) is 32.7. The molecule has 33 heavy (non-hydrogen) atoms. The van der Waals surface area contributed by atoms with Crippen LogP contribution in [-0.2, 0) is 6.61 Å². The Bertz CT molecular complexity index is 1450. The van der Waals surface area contributed by atoms with Gasteiger partial charge in [0.05, 0.1) is 5.56 Å². The third kappa shape index (κ3) is 4.14. The maximum atomic E-state index is 13.4. The fraction of sp³-hybridized carbons (Fsp3) is 0.0370. The predicted molar refractivity (Wildman–Crippen MR) is 126 cm³/mol. The first-order chi connectivity index (χ1) is 16.2. The van der Waals surface area contributed by atoms with E-state index in [2.05, 4.69) is 0 Å². The average molecular weight is 436 g/mol. The van der Waals surface area contributed by atoms with Gasteiger partial charge in [0.25, 0.3) is 5.69 Å². The van der Waals surface area contributed by atoms with Gasteiger partial charge in [-0.3, -0.25) is 4.79 Å². The van der Waals surface area contributed by atoms with Crippen LogP contribution < -0.4 is 19.9 Å². The zero-order valence-corrected chi connectivity index (χ0v) is 17.6. The Balaban J connectivity index is 1.54. The summed E-state index contributed by atoms with van der Waals surface area (Å²) < 4.78 is 7.67. The highest BCUT2D eigenvalue weighted by molar-refractivity contribution is 5.73. The lowest BCUT2D eigenvalue weighted by Crippen LogP contribution is -2.42. The Morgan fingerprint density at radius 2 is 1.33 bits per heavy atom. The minimum absolute atomic E-state index is 0.0203. The molecule has 0 spiro atoms. The first kappa shape index (κ1) is 20.3. The van der Waals surface area contributed by atoms with Crippen LogP contribution in [0.5, 0.6) is 11.5 Å². The molecule has 162 valence electrons. The zero-order valence-electron chi connectivity index (χ0n) is 17.6. The number of hydrogen-bond acceptors (Lipinski definition) is 4. The molecule has 6 heteroatoms. The summed E-state index contributed by atoms with van der Waals surface area (Å²) in [5, 5.41) is 13.2. The Morgan fingerprint density at radius 1 is 0.727 bits per heavy atom. The quantitative estimate of drug-likeness (QED) is 0.285. The van der Waals surface area contributed by atoms with E-state index in [1.54, 1.807) is 48.5 Å². The largest absolute Gasteiger partial charge is 0.618 e. The van der Waals surface area contributed by atoms with E-state index in [1.807, 2.05) is 60.7 Å². The standard InChI is InChI=1S/C27H20N2O4/c30-27-26(21-15-17-23(18-16-21)33-22-11-5-2-6-12-22)28(31)24-13-7-8-14-25(24)29(27)32-19-20-9-3-1-4-10-20/h1-18H,19H2. The summed E-state index contributed by atoms with van der Waals surface area (Å²) in [6.07, 6.45) is 0. The summed E-state index contributed by atoms with van der Waals surface area (Å²) in [5.74, 6) is 1.30. The van der Waals surface area contributed by atoms with Crippen LogP contribution in [0.1, 0.15) is 5.56 Å². The molecule has 0 radical (unpaired) electrons. The fourth-order valence-corrected chi connectivity index (χ4v) is 3.61. The van der Waals surface area contributed by atoms with Crippen LogP contribution in [0.2, 0.25) is 0 Å². The fourth-order valence-electron chi connectivity index (χ4n) is 3.61. The summed E-state index contributed by atoms with van der Waals surface area (Å²) in [7, 11) is 0. The third-order valence-electron chi connectivity index (χ3n) is 5.22. The zero-order chi connectivity index (χ0) is 22.6. The second kappa shape index (κ2) is 8.88. The SMILES string of the molecule is O=c1c(-c2ccc(Oc3ccccc3)cc2)[n+]([O-])c2ccccc2n1OCc1ccccc1. The predicted octanol–water partition coefficient (Wildman–Crippen LogP) is 4.72. The lowest BCUT2D eigenvalue weighted by molar-refractivity contribution is -0.566. The summed E-state index contributed by atoms with van der Waals surface area (Å²) in [6.45, 7) is 0.191. The summed E-state index contributed by atoms with van der Waals surface area (Å²) >= 11 is 0. The number of ether oxygens (including phenoxy) is 1. The van der Waals surface area contributed by atoms with E-state index in [9.17, 15) is 10.0 Å². The maximum Gasteiger partial charge on any atom is 0.357 e. The molecule has 0 N–H and O–H groups in total. The number of rotatable bonds is 6. The van der Waals surface area contributed by atoms with Gasteiger partial charge in [0.2, 0.25) is 5.52 Å². The van der Waals surface area contributed by atoms with Crippen LogP contribution in [0, 0.1) is 5.21 Å². The summed E-state index contributed by atoms with van der Waals surface area (Å²) in [5.41, 5.74) is 1.57. The van der Waals surface area contributed by atoms with Gasteiger partial charge in [0.1, 0.15) is 18.1 Å². The Hall–Kier alpha value is -4.58.